The Balaban J connectivity index is -0.00000000533. The SMILES string of the molecule is CS(=O)(=O)Cl.[Al+3].[Cl-].[Cl-].[Cl-].[Cl-].[Na+]. The quantitative estimate of drug-likeness (QED) is 0.329. The molecule has 0 fully saturated rings. The van der Waals surface area contributed by atoms with Gasteiger partial charge in [-0.05, 0) is 0 Å². The molecule has 0 saturated carbocycles. The van der Waals surface area contributed by atoms with Crippen molar-refractivity contribution in [2.75, 3.05) is 6.26 Å². The fraction of sp³-hybridized carbons (Fsp3) is 1.00. The third kappa shape index (κ3) is 180. The van der Waals surface area contributed by atoms with Crippen LogP contribution in [0.2, 0.25) is 0 Å². The first-order valence-electron chi connectivity index (χ1n) is 0.896. The maximum absolute atomic E-state index is 9.40. The van der Waals surface area contributed by atoms with Crippen molar-refractivity contribution in [3.05, 3.63) is 0 Å². The van der Waals surface area contributed by atoms with Crippen LogP contribution in [0, 0.1) is 0 Å². The molecule has 0 radical (unpaired) electrons. The fourth-order valence-corrected chi connectivity index (χ4v) is 0. The molecule has 0 aliphatic carbocycles. The Morgan fingerprint density at radius 2 is 1.00 bits per heavy atom. The van der Waals surface area contributed by atoms with Crippen LogP contribution in [0.15, 0.2) is 0 Å². The molecule has 0 aromatic rings. The monoisotopic (exact) mass is 304 g/mol. The second kappa shape index (κ2) is 23.1. The van der Waals surface area contributed by atoms with Crippen LogP contribution in [0.3, 0.4) is 0 Å². The molecule has 0 bridgehead atoms. The zero-order valence-corrected chi connectivity index (χ0v) is 13.4. The molecule has 0 saturated heterocycles. The molecular formula is CH3AlCl5NaO2S. The summed E-state index contributed by atoms with van der Waals surface area (Å²) in [4.78, 5) is 0. The first-order chi connectivity index (χ1) is 2.00. The van der Waals surface area contributed by atoms with E-state index in [0.29, 0.717) is 0 Å². The number of hydrogen-bond acceptors (Lipinski definition) is 2. The molecule has 11 heavy (non-hydrogen) atoms. The predicted molar refractivity (Wildman–Crippen MR) is 26.5 cm³/mol. The van der Waals surface area contributed by atoms with Gasteiger partial charge in [0.25, 0.3) is 0 Å². The summed E-state index contributed by atoms with van der Waals surface area (Å²) in [6, 6.07) is 0. The van der Waals surface area contributed by atoms with Gasteiger partial charge in [0.2, 0.25) is 9.05 Å². The summed E-state index contributed by atoms with van der Waals surface area (Å²) in [5, 5.41) is 0. The van der Waals surface area contributed by atoms with Crippen molar-refractivity contribution in [2.45, 2.75) is 0 Å². The van der Waals surface area contributed by atoms with Gasteiger partial charge in [-0.15, -0.1) is 0 Å². The molecule has 0 aromatic heterocycles. The molecule has 0 unspecified atom stereocenters. The average Bonchev–Trinajstić information content (AvgIpc) is 0.722. The van der Waals surface area contributed by atoms with Crippen molar-refractivity contribution in [1.82, 2.24) is 0 Å². The summed E-state index contributed by atoms with van der Waals surface area (Å²) >= 11 is 0. The minimum Gasteiger partial charge on any atom is -1.00 e. The third-order valence-corrected chi connectivity index (χ3v) is 0. The van der Waals surface area contributed by atoms with Crippen molar-refractivity contribution in [1.29, 1.82) is 0 Å². The Morgan fingerprint density at radius 1 is 1.00 bits per heavy atom. The standard InChI is InChI=1S/CH3ClO2S.Al.4ClH.Na/c1-5(2,3)4;;;;;;/h1H3;;4*1H;/q;+3;;;;;+1/p-4. The minimum absolute atomic E-state index is 0. The van der Waals surface area contributed by atoms with Gasteiger partial charge in [-0.25, -0.2) is 8.42 Å². The van der Waals surface area contributed by atoms with Crippen LogP contribution in [0.4, 0.5) is 0 Å². The maximum Gasteiger partial charge on any atom is 3.00 e. The van der Waals surface area contributed by atoms with E-state index in [4.69, 9.17) is 0 Å². The Kier molecular flexibility index (Phi) is 102. The second-order valence-corrected chi connectivity index (χ2v) is 3.73. The van der Waals surface area contributed by atoms with Gasteiger partial charge >= 0.3 is 46.9 Å². The van der Waals surface area contributed by atoms with E-state index in [0.717, 1.165) is 6.26 Å². The van der Waals surface area contributed by atoms with Gasteiger partial charge in [-0.1, -0.05) is 0 Å². The molecule has 10 heteroatoms. The van der Waals surface area contributed by atoms with E-state index in [9.17, 15) is 8.42 Å². The molecule has 0 heterocycles. The molecule has 64 valence electrons. The normalized spacial score (nSPS) is 5.27. The van der Waals surface area contributed by atoms with E-state index in [2.05, 4.69) is 10.7 Å². The molecule has 0 amide bonds. The maximum atomic E-state index is 9.40. The van der Waals surface area contributed by atoms with Crippen LogP contribution in [0.1, 0.15) is 0 Å². The van der Waals surface area contributed by atoms with E-state index < -0.39 is 9.05 Å². The molecule has 0 rings (SSSR count). The number of hydrogen-bond donors (Lipinski definition) is 0. The molecule has 0 aliphatic heterocycles. The third-order valence-electron chi connectivity index (χ3n) is 0. The smallest absolute Gasteiger partial charge is 1.00 e. The number of halogens is 5. The molecule has 0 aliphatic rings. The summed E-state index contributed by atoms with van der Waals surface area (Å²) in [5.74, 6) is 0. The second-order valence-electron chi connectivity index (χ2n) is 0.682. The zero-order valence-electron chi connectivity index (χ0n) is 5.69. The van der Waals surface area contributed by atoms with Crippen LogP contribution in [-0.2, 0) is 9.05 Å². The zero-order chi connectivity index (χ0) is 4.50. The van der Waals surface area contributed by atoms with Crippen LogP contribution in [-0.4, -0.2) is 32.0 Å². The summed E-state index contributed by atoms with van der Waals surface area (Å²) in [5.41, 5.74) is 0. The van der Waals surface area contributed by atoms with Crippen molar-refractivity contribution >= 4 is 37.1 Å². The van der Waals surface area contributed by atoms with E-state index in [1.165, 1.54) is 0 Å². The van der Waals surface area contributed by atoms with Crippen molar-refractivity contribution in [3.8, 4) is 0 Å². The molecule has 0 atom stereocenters. The molecule has 0 N–H and O–H groups in total. The van der Waals surface area contributed by atoms with Crippen LogP contribution in [0.5, 0.6) is 0 Å². The van der Waals surface area contributed by atoms with Crippen LogP contribution < -0.4 is 79.2 Å². The predicted octanol–water partition coefficient (Wildman–Crippen LogP) is -15.2. The summed E-state index contributed by atoms with van der Waals surface area (Å²) in [7, 11) is 1.31. The Hall–Kier alpha value is 2.93. The van der Waals surface area contributed by atoms with E-state index in [-0.39, 0.29) is 96.5 Å². The van der Waals surface area contributed by atoms with Gasteiger partial charge in [0.15, 0.2) is 0 Å². The molecule has 0 aromatic carbocycles. The Morgan fingerprint density at radius 3 is 1.00 bits per heavy atom. The molecule has 0 spiro atoms. The van der Waals surface area contributed by atoms with Gasteiger partial charge in [-0.2, -0.15) is 0 Å². The van der Waals surface area contributed by atoms with Gasteiger partial charge in [0, 0.05) is 10.7 Å². The van der Waals surface area contributed by atoms with Gasteiger partial charge in [0.1, 0.15) is 0 Å². The largest absolute Gasteiger partial charge is 3.00 e. The van der Waals surface area contributed by atoms with Gasteiger partial charge in [0.05, 0.1) is 6.26 Å². The van der Waals surface area contributed by atoms with Crippen LogP contribution >= 0.6 is 10.7 Å². The summed E-state index contributed by atoms with van der Waals surface area (Å²) in [6.45, 7) is 0. The average molecular weight is 306 g/mol. The Bertz CT molecular complexity index is 108. The molecular weight excluding hydrogens is 303 g/mol. The Labute approximate surface area is 129 Å². The van der Waals surface area contributed by atoms with Crippen molar-refractivity contribution in [3.63, 3.8) is 0 Å². The topological polar surface area (TPSA) is 34.1 Å². The number of rotatable bonds is 0. The fourth-order valence-electron chi connectivity index (χ4n) is 0. The van der Waals surface area contributed by atoms with Crippen molar-refractivity contribution in [2.24, 2.45) is 0 Å². The van der Waals surface area contributed by atoms with Crippen LogP contribution in [0.25, 0.3) is 0 Å². The van der Waals surface area contributed by atoms with Gasteiger partial charge < -0.3 is 49.6 Å². The first kappa shape index (κ1) is 48.5. The molecule has 2 nitrogen and oxygen atoms in total. The van der Waals surface area contributed by atoms with Crippen molar-refractivity contribution < 1.29 is 87.6 Å². The van der Waals surface area contributed by atoms with E-state index in [1.54, 1.807) is 0 Å². The van der Waals surface area contributed by atoms with E-state index in [1.807, 2.05) is 0 Å². The first-order valence-corrected chi connectivity index (χ1v) is 3.61. The minimum atomic E-state index is -3.19. The summed E-state index contributed by atoms with van der Waals surface area (Å²) in [6.07, 6.45) is 0.925. The van der Waals surface area contributed by atoms with Gasteiger partial charge in [-0.3, -0.25) is 0 Å². The summed E-state index contributed by atoms with van der Waals surface area (Å²) < 4.78 is 18.8. The van der Waals surface area contributed by atoms with E-state index >= 15 is 0 Å².